The molecule has 7 heteroatoms. The molecule has 0 aliphatic heterocycles. The quantitative estimate of drug-likeness (QED) is 0.446. The fourth-order valence-electron chi connectivity index (χ4n) is 2.32. The van der Waals surface area contributed by atoms with Crippen LogP contribution in [0.3, 0.4) is 0 Å². The minimum atomic E-state index is -0.624. The summed E-state index contributed by atoms with van der Waals surface area (Å²) in [4.78, 5) is 20.9. The molecule has 0 bridgehead atoms. The number of nitrogens with zero attached hydrogens (tertiary/aromatic N) is 3. The van der Waals surface area contributed by atoms with E-state index in [2.05, 4.69) is 25.9 Å². The highest BCUT2D eigenvalue weighted by atomic mass is 79.9. The van der Waals surface area contributed by atoms with E-state index in [-0.39, 0.29) is 11.3 Å². The van der Waals surface area contributed by atoms with Gasteiger partial charge in [-0.15, -0.1) is 0 Å². The molecule has 0 aliphatic carbocycles. The number of aromatic nitrogens is 2. The van der Waals surface area contributed by atoms with Gasteiger partial charge in [0.1, 0.15) is 0 Å². The van der Waals surface area contributed by atoms with Gasteiger partial charge in [0.15, 0.2) is 17.3 Å². The zero-order valence-corrected chi connectivity index (χ0v) is 15.9. The monoisotopic (exact) mass is 423 g/mol. The Bertz CT molecular complexity index is 999. The average molecular weight is 424 g/mol. The molecule has 0 N–H and O–H groups in total. The Morgan fingerprint density at radius 2 is 1.89 bits per heavy atom. The Hall–Kier alpha value is -3.24. The average Bonchev–Trinajstić information content (AvgIpc) is 2.71. The fraction of sp³-hybridized carbons (Fsp3) is 0.100. The lowest BCUT2D eigenvalue weighted by molar-refractivity contribution is 0.0726. The number of halogens is 1. The molecule has 0 fully saturated rings. The maximum absolute atomic E-state index is 12.5. The number of benzene rings is 2. The van der Waals surface area contributed by atoms with E-state index in [1.54, 1.807) is 13.0 Å². The van der Waals surface area contributed by atoms with Crippen LogP contribution in [0, 0.1) is 11.3 Å². The van der Waals surface area contributed by atoms with Crippen molar-refractivity contribution in [2.75, 3.05) is 6.61 Å². The summed E-state index contributed by atoms with van der Waals surface area (Å²) >= 11 is 3.31. The van der Waals surface area contributed by atoms with Crippen LogP contribution in [0.2, 0.25) is 0 Å². The minimum Gasteiger partial charge on any atom is -0.490 e. The smallest absolute Gasteiger partial charge is 0.346 e. The normalized spacial score (nSPS) is 10.1. The second-order valence-electron chi connectivity index (χ2n) is 5.38. The van der Waals surface area contributed by atoms with Crippen LogP contribution in [0.5, 0.6) is 11.5 Å². The molecule has 3 aromatic rings. The van der Waals surface area contributed by atoms with Crippen molar-refractivity contribution < 1.29 is 14.3 Å². The van der Waals surface area contributed by atoms with Gasteiger partial charge in [0.25, 0.3) is 0 Å². The summed E-state index contributed by atoms with van der Waals surface area (Å²) in [5.41, 5.74) is 1.44. The zero-order valence-electron chi connectivity index (χ0n) is 14.3. The summed E-state index contributed by atoms with van der Waals surface area (Å²) in [6, 6.07) is 14.6. The summed E-state index contributed by atoms with van der Waals surface area (Å²) in [7, 11) is 0. The van der Waals surface area contributed by atoms with Crippen molar-refractivity contribution in [2.24, 2.45) is 0 Å². The fourth-order valence-corrected chi connectivity index (χ4v) is 2.84. The molecule has 0 saturated carbocycles. The Labute approximate surface area is 164 Å². The van der Waals surface area contributed by atoms with Crippen LogP contribution in [-0.4, -0.2) is 22.5 Å². The molecule has 6 nitrogen and oxygen atoms in total. The lowest BCUT2D eigenvalue weighted by Crippen LogP contribution is -2.11. The summed E-state index contributed by atoms with van der Waals surface area (Å²) in [6.45, 7) is 2.16. The molecule has 0 atom stereocenters. The van der Waals surface area contributed by atoms with Crippen LogP contribution in [-0.2, 0) is 0 Å². The third-order valence-corrected chi connectivity index (χ3v) is 4.14. The van der Waals surface area contributed by atoms with Gasteiger partial charge in [-0.3, -0.25) is 0 Å². The van der Waals surface area contributed by atoms with Crippen molar-refractivity contribution in [3.8, 4) is 29.0 Å². The SMILES string of the molecule is CCOc1cc(C#N)cc(Br)c1OC(=O)c1cnc(-c2ccccc2)nc1. The van der Waals surface area contributed by atoms with Gasteiger partial charge >= 0.3 is 5.97 Å². The van der Waals surface area contributed by atoms with E-state index in [0.717, 1.165) is 5.56 Å². The highest BCUT2D eigenvalue weighted by Gasteiger charge is 2.18. The number of carbonyl (C=O) groups excluding carboxylic acids is 1. The molecular weight excluding hydrogens is 410 g/mol. The predicted molar refractivity (Wildman–Crippen MR) is 102 cm³/mol. The molecule has 1 aromatic heterocycles. The number of ether oxygens (including phenoxy) is 2. The molecule has 27 heavy (non-hydrogen) atoms. The maximum Gasteiger partial charge on any atom is 0.346 e. The van der Waals surface area contributed by atoms with Crippen LogP contribution in [0.25, 0.3) is 11.4 Å². The van der Waals surface area contributed by atoms with Gasteiger partial charge in [-0.1, -0.05) is 30.3 Å². The van der Waals surface area contributed by atoms with Crippen LogP contribution in [0.4, 0.5) is 0 Å². The van der Waals surface area contributed by atoms with E-state index >= 15 is 0 Å². The summed E-state index contributed by atoms with van der Waals surface area (Å²) in [5, 5.41) is 9.07. The number of hydrogen-bond acceptors (Lipinski definition) is 6. The van der Waals surface area contributed by atoms with Crippen LogP contribution in [0.1, 0.15) is 22.8 Å². The minimum absolute atomic E-state index is 0.202. The summed E-state index contributed by atoms with van der Waals surface area (Å²) in [5.74, 6) is 0.397. The van der Waals surface area contributed by atoms with Gasteiger partial charge in [0, 0.05) is 24.0 Å². The van der Waals surface area contributed by atoms with Crippen molar-refractivity contribution in [1.29, 1.82) is 5.26 Å². The van der Waals surface area contributed by atoms with Gasteiger partial charge in [0.05, 0.1) is 28.3 Å². The van der Waals surface area contributed by atoms with Gasteiger partial charge < -0.3 is 9.47 Å². The van der Waals surface area contributed by atoms with Crippen LogP contribution < -0.4 is 9.47 Å². The molecule has 3 rings (SSSR count). The Morgan fingerprint density at radius 3 is 2.52 bits per heavy atom. The molecule has 0 unspecified atom stereocenters. The lowest BCUT2D eigenvalue weighted by atomic mass is 10.2. The first-order valence-corrected chi connectivity index (χ1v) is 8.87. The Morgan fingerprint density at radius 1 is 1.19 bits per heavy atom. The van der Waals surface area contributed by atoms with E-state index in [1.807, 2.05) is 36.4 Å². The topological polar surface area (TPSA) is 85.1 Å². The molecule has 134 valence electrons. The van der Waals surface area contributed by atoms with E-state index in [4.69, 9.17) is 14.7 Å². The van der Waals surface area contributed by atoms with Crippen molar-refractivity contribution in [3.05, 3.63) is 70.5 Å². The highest BCUT2D eigenvalue weighted by molar-refractivity contribution is 9.10. The number of rotatable bonds is 5. The highest BCUT2D eigenvalue weighted by Crippen LogP contribution is 2.37. The lowest BCUT2D eigenvalue weighted by Gasteiger charge is -2.12. The van der Waals surface area contributed by atoms with Crippen molar-refractivity contribution in [3.63, 3.8) is 0 Å². The molecule has 0 saturated heterocycles. The molecule has 0 radical (unpaired) electrons. The molecule has 1 heterocycles. The number of nitriles is 1. The van der Waals surface area contributed by atoms with Gasteiger partial charge in [0.2, 0.25) is 0 Å². The third-order valence-electron chi connectivity index (χ3n) is 3.55. The van der Waals surface area contributed by atoms with Crippen molar-refractivity contribution in [2.45, 2.75) is 6.92 Å². The van der Waals surface area contributed by atoms with E-state index in [9.17, 15) is 4.79 Å². The molecule has 0 spiro atoms. The van der Waals surface area contributed by atoms with Crippen LogP contribution in [0.15, 0.2) is 59.3 Å². The first-order valence-electron chi connectivity index (χ1n) is 8.08. The number of esters is 1. The van der Waals surface area contributed by atoms with E-state index < -0.39 is 5.97 Å². The number of carbonyl (C=O) groups is 1. The summed E-state index contributed by atoms with van der Waals surface area (Å²) in [6.07, 6.45) is 2.82. The molecular formula is C20H14BrN3O3. The predicted octanol–water partition coefficient (Wildman–Crippen LogP) is 4.40. The zero-order chi connectivity index (χ0) is 19.2. The Balaban J connectivity index is 1.84. The Kier molecular flexibility index (Phi) is 5.79. The molecule has 0 amide bonds. The van der Waals surface area contributed by atoms with E-state index in [1.165, 1.54) is 18.5 Å². The summed E-state index contributed by atoms with van der Waals surface area (Å²) < 4.78 is 11.4. The van der Waals surface area contributed by atoms with E-state index in [0.29, 0.717) is 28.2 Å². The third kappa shape index (κ3) is 4.30. The van der Waals surface area contributed by atoms with Crippen molar-refractivity contribution >= 4 is 21.9 Å². The maximum atomic E-state index is 12.5. The number of hydrogen-bond donors (Lipinski definition) is 0. The molecule has 0 aliphatic rings. The second-order valence-corrected chi connectivity index (χ2v) is 6.24. The first kappa shape index (κ1) is 18.5. The van der Waals surface area contributed by atoms with Crippen molar-refractivity contribution in [1.82, 2.24) is 9.97 Å². The van der Waals surface area contributed by atoms with Crippen LogP contribution >= 0.6 is 15.9 Å². The second kappa shape index (κ2) is 8.43. The largest absolute Gasteiger partial charge is 0.490 e. The van der Waals surface area contributed by atoms with Gasteiger partial charge in [-0.25, -0.2) is 14.8 Å². The molecule has 2 aromatic carbocycles. The van der Waals surface area contributed by atoms with Gasteiger partial charge in [-0.2, -0.15) is 5.26 Å². The standard InChI is InChI=1S/C20H14BrN3O3/c1-2-26-17-9-13(10-22)8-16(21)18(17)27-20(25)15-11-23-19(24-12-15)14-6-4-3-5-7-14/h3-9,11-12H,2H2,1H3. The first-order chi connectivity index (χ1) is 13.1. The van der Waals surface area contributed by atoms with Gasteiger partial charge in [-0.05, 0) is 28.9 Å².